The number of amides is 1. The van der Waals surface area contributed by atoms with Gasteiger partial charge in [0.05, 0.1) is 6.04 Å². The van der Waals surface area contributed by atoms with Gasteiger partial charge >= 0.3 is 0 Å². The van der Waals surface area contributed by atoms with Gasteiger partial charge in [0.15, 0.2) is 0 Å². The topological polar surface area (TPSA) is 32.3 Å². The van der Waals surface area contributed by atoms with E-state index in [4.69, 9.17) is 11.6 Å². The minimum absolute atomic E-state index is 0. The van der Waals surface area contributed by atoms with Gasteiger partial charge in [0, 0.05) is 22.6 Å². The molecule has 0 aromatic heterocycles. The number of nitrogens with one attached hydrogen (secondary N) is 1. The molecule has 3 aromatic rings. The smallest absolute Gasteiger partial charge is 0.251 e. The summed E-state index contributed by atoms with van der Waals surface area (Å²) < 4.78 is 13.6. The lowest BCUT2D eigenvalue weighted by atomic mass is 9.68. The van der Waals surface area contributed by atoms with Crippen molar-refractivity contribution >= 4 is 40.7 Å². The average Bonchev–Trinajstić information content (AvgIpc) is 3.20. The molecule has 1 fully saturated rings. The van der Waals surface area contributed by atoms with E-state index in [1.165, 1.54) is 12.1 Å². The molecule has 2 aliphatic rings. The number of fused-ring (bicyclic) bond motifs is 1. The van der Waals surface area contributed by atoms with E-state index in [0.29, 0.717) is 11.6 Å². The highest BCUT2D eigenvalue weighted by atomic mass is 35.5. The molecule has 0 spiro atoms. The summed E-state index contributed by atoms with van der Waals surface area (Å²) in [5.74, 6) is -0.194. The first kappa shape index (κ1) is 23.7. The molecule has 0 unspecified atom stereocenters. The number of halogens is 3. The Morgan fingerprint density at radius 1 is 1.06 bits per heavy atom. The molecule has 0 aliphatic carbocycles. The van der Waals surface area contributed by atoms with Crippen molar-refractivity contribution in [2.45, 2.75) is 31.2 Å². The van der Waals surface area contributed by atoms with E-state index in [2.05, 4.69) is 24.4 Å². The molecular weight excluding hydrogens is 458 g/mol. The summed E-state index contributed by atoms with van der Waals surface area (Å²) in [5, 5.41) is 6.26. The Bertz CT molecular complexity index is 1200. The van der Waals surface area contributed by atoms with E-state index in [1.807, 2.05) is 47.4 Å². The van der Waals surface area contributed by atoms with Crippen LogP contribution in [0, 0.1) is 5.82 Å². The second-order valence-corrected chi connectivity index (χ2v) is 9.24. The molecular formula is C27H27Cl2FN2O. The molecule has 1 saturated heterocycles. The maximum Gasteiger partial charge on any atom is 0.251 e. The first-order valence-corrected chi connectivity index (χ1v) is 11.5. The van der Waals surface area contributed by atoms with Gasteiger partial charge in [-0.05, 0) is 79.0 Å². The summed E-state index contributed by atoms with van der Waals surface area (Å²) >= 11 is 6.42. The second kappa shape index (κ2) is 9.46. The van der Waals surface area contributed by atoms with E-state index in [0.717, 1.165) is 53.4 Å². The van der Waals surface area contributed by atoms with Gasteiger partial charge in [-0.2, -0.15) is 0 Å². The molecule has 5 rings (SSSR count). The van der Waals surface area contributed by atoms with E-state index in [1.54, 1.807) is 0 Å². The highest BCUT2D eigenvalue weighted by Crippen LogP contribution is 2.44. The highest BCUT2D eigenvalue weighted by Gasteiger charge is 2.45. The van der Waals surface area contributed by atoms with Crippen LogP contribution in [0.1, 0.15) is 36.9 Å². The van der Waals surface area contributed by atoms with Crippen LogP contribution in [-0.4, -0.2) is 30.4 Å². The number of nitrogens with zero attached hydrogens (tertiary/aromatic N) is 1. The molecule has 1 atom stereocenters. The van der Waals surface area contributed by atoms with Crippen molar-refractivity contribution in [1.29, 1.82) is 0 Å². The fourth-order valence-corrected chi connectivity index (χ4v) is 5.64. The van der Waals surface area contributed by atoms with Crippen molar-refractivity contribution in [3.05, 3.63) is 94.3 Å². The summed E-state index contributed by atoms with van der Waals surface area (Å²) in [4.78, 5) is 15.7. The van der Waals surface area contributed by atoms with Crippen LogP contribution in [0.25, 0.3) is 10.8 Å². The van der Waals surface area contributed by atoms with Crippen molar-refractivity contribution in [2.24, 2.45) is 0 Å². The minimum Gasteiger partial charge on any atom is -0.328 e. The quantitative estimate of drug-likeness (QED) is 0.477. The second-order valence-electron chi connectivity index (χ2n) is 8.81. The Balaban J connectivity index is 0.00000259. The SMILES string of the molecule is C[C@H](c1cc(Cl)cc2ccccc12)N1CC=C(C2(c3ccc(F)cc3)CCNCC2)C1=O.Cl. The predicted octanol–water partition coefficient (Wildman–Crippen LogP) is 6.21. The Hall–Kier alpha value is -2.40. The first-order chi connectivity index (χ1) is 15.5. The van der Waals surface area contributed by atoms with Crippen molar-refractivity contribution < 1.29 is 9.18 Å². The molecule has 0 radical (unpaired) electrons. The predicted molar refractivity (Wildman–Crippen MR) is 135 cm³/mol. The molecule has 1 N–H and O–H groups in total. The first-order valence-electron chi connectivity index (χ1n) is 11.2. The number of hydrogen-bond acceptors (Lipinski definition) is 2. The molecule has 172 valence electrons. The number of piperidine rings is 1. The number of hydrogen-bond donors (Lipinski definition) is 1. The van der Waals surface area contributed by atoms with Crippen molar-refractivity contribution in [3.8, 4) is 0 Å². The Labute approximate surface area is 205 Å². The Morgan fingerprint density at radius 2 is 1.76 bits per heavy atom. The minimum atomic E-state index is -0.388. The van der Waals surface area contributed by atoms with Crippen molar-refractivity contribution in [2.75, 3.05) is 19.6 Å². The Kier molecular flexibility index (Phi) is 6.81. The molecule has 0 bridgehead atoms. The van der Waals surface area contributed by atoms with Crippen molar-refractivity contribution in [1.82, 2.24) is 10.2 Å². The van der Waals surface area contributed by atoms with Gasteiger partial charge in [-0.1, -0.05) is 54.1 Å². The van der Waals surface area contributed by atoms with Crippen LogP contribution in [0.5, 0.6) is 0 Å². The van der Waals surface area contributed by atoms with Crippen LogP contribution in [0.4, 0.5) is 4.39 Å². The fourth-order valence-electron chi connectivity index (χ4n) is 5.40. The lowest BCUT2D eigenvalue weighted by molar-refractivity contribution is -0.128. The lowest BCUT2D eigenvalue weighted by Crippen LogP contribution is -2.44. The monoisotopic (exact) mass is 484 g/mol. The van der Waals surface area contributed by atoms with E-state index in [-0.39, 0.29) is 35.6 Å². The third-order valence-corrected chi connectivity index (χ3v) is 7.35. The zero-order valence-electron chi connectivity index (χ0n) is 18.5. The standard InChI is InChI=1S/C27H26ClFN2O.ClH/c1-18(24-17-21(28)16-19-4-2-3-5-23(19)24)31-15-10-25(26(31)32)27(11-13-30-14-12-27)20-6-8-22(29)9-7-20;/h2-10,16-18,30H,11-15H2,1H3;1H/t18-;/m1./s1. The van der Waals surface area contributed by atoms with Crippen LogP contribution in [-0.2, 0) is 10.2 Å². The number of benzene rings is 3. The van der Waals surface area contributed by atoms with Crippen LogP contribution in [0.3, 0.4) is 0 Å². The molecule has 3 aromatic carbocycles. The van der Waals surface area contributed by atoms with Gasteiger partial charge in [-0.15, -0.1) is 12.4 Å². The third kappa shape index (κ3) is 4.16. The maximum absolute atomic E-state index is 13.8. The number of carbonyl (C=O) groups excluding carboxylic acids is 1. The Morgan fingerprint density at radius 3 is 2.48 bits per heavy atom. The van der Waals surface area contributed by atoms with E-state index >= 15 is 0 Å². The lowest BCUT2D eigenvalue weighted by Gasteiger charge is -2.39. The van der Waals surface area contributed by atoms with Crippen LogP contribution in [0.2, 0.25) is 5.02 Å². The van der Waals surface area contributed by atoms with E-state index < -0.39 is 0 Å². The number of rotatable bonds is 4. The normalized spacial score (nSPS) is 18.7. The summed E-state index contributed by atoms with van der Waals surface area (Å²) in [7, 11) is 0. The van der Waals surface area contributed by atoms with Gasteiger partial charge in [-0.25, -0.2) is 4.39 Å². The fraction of sp³-hybridized carbons (Fsp3) is 0.296. The summed E-state index contributed by atoms with van der Waals surface area (Å²) in [6.45, 7) is 4.29. The van der Waals surface area contributed by atoms with Crippen LogP contribution < -0.4 is 5.32 Å². The third-order valence-electron chi connectivity index (χ3n) is 7.13. The van der Waals surface area contributed by atoms with Crippen molar-refractivity contribution in [3.63, 3.8) is 0 Å². The number of carbonyl (C=O) groups is 1. The largest absolute Gasteiger partial charge is 0.328 e. The average molecular weight is 485 g/mol. The van der Waals surface area contributed by atoms with E-state index in [9.17, 15) is 9.18 Å². The summed E-state index contributed by atoms with van der Waals surface area (Å²) in [5.41, 5.74) is 2.52. The molecule has 0 saturated carbocycles. The zero-order valence-corrected chi connectivity index (χ0v) is 20.1. The molecule has 3 nitrogen and oxygen atoms in total. The van der Waals surface area contributed by atoms with Gasteiger partial charge in [-0.3, -0.25) is 4.79 Å². The van der Waals surface area contributed by atoms with Gasteiger partial charge < -0.3 is 10.2 Å². The molecule has 6 heteroatoms. The van der Waals surface area contributed by atoms with Gasteiger partial charge in [0.25, 0.3) is 5.91 Å². The molecule has 1 amide bonds. The molecule has 33 heavy (non-hydrogen) atoms. The van der Waals surface area contributed by atoms with Gasteiger partial charge in [0.1, 0.15) is 5.82 Å². The highest BCUT2D eigenvalue weighted by molar-refractivity contribution is 6.31. The van der Waals surface area contributed by atoms with Gasteiger partial charge in [0.2, 0.25) is 0 Å². The van der Waals surface area contributed by atoms with Crippen LogP contribution in [0.15, 0.2) is 72.3 Å². The molecule has 2 heterocycles. The van der Waals surface area contributed by atoms with Crippen LogP contribution >= 0.6 is 24.0 Å². The molecule has 2 aliphatic heterocycles. The maximum atomic E-state index is 13.8. The summed E-state index contributed by atoms with van der Waals surface area (Å²) in [6.07, 6.45) is 3.72. The zero-order chi connectivity index (χ0) is 22.3. The summed E-state index contributed by atoms with van der Waals surface area (Å²) in [6, 6.07) is 18.6.